The Kier molecular flexibility index (Phi) is 3.59. The van der Waals surface area contributed by atoms with Gasteiger partial charge in [-0.3, -0.25) is 0 Å². The summed E-state index contributed by atoms with van der Waals surface area (Å²) in [6, 6.07) is 16.8. The number of sulfone groups is 1. The van der Waals surface area contributed by atoms with Crippen LogP contribution >= 0.6 is 0 Å². The monoisotopic (exact) mass is 301 g/mol. The summed E-state index contributed by atoms with van der Waals surface area (Å²) < 4.78 is 25.6. The summed E-state index contributed by atoms with van der Waals surface area (Å²) in [5, 5.41) is -0.396. The van der Waals surface area contributed by atoms with E-state index in [2.05, 4.69) is 0 Å². The molecular formula is C17H19NO2S. The van der Waals surface area contributed by atoms with Gasteiger partial charge in [0.2, 0.25) is 0 Å². The first-order valence-corrected chi connectivity index (χ1v) is 8.66. The van der Waals surface area contributed by atoms with Crippen molar-refractivity contribution in [2.24, 2.45) is 11.7 Å². The molecule has 4 heteroatoms. The molecule has 0 aliphatic heterocycles. The van der Waals surface area contributed by atoms with Gasteiger partial charge in [-0.2, -0.15) is 0 Å². The Hall–Kier alpha value is -1.65. The zero-order chi connectivity index (χ0) is 15.0. The first-order chi connectivity index (χ1) is 10.1. The zero-order valence-electron chi connectivity index (χ0n) is 11.9. The standard InChI is InChI=1S/C17H19NO2S/c1-12-7-9-14(10-8-12)21(19,20)17-15(11-18)16(17)13-5-3-2-4-6-13/h2-10,15-17H,11,18H2,1H3/t15-,16-,17+/m0/s1. The Morgan fingerprint density at radius 1 is 1.00 bits per heavy atom. The number of hydrogen-bond acceptors (Lipinski definition) is 3. The van der Waals surface area contributed by atoms with Crippen LogP contribution in [-0.2, 0) is 9.84 Å². The van der Waals surface area contributed by atoms with Crippen LogP contribution in [-0.4, -0.2) is 20.2 Å². The van der Waals surface area contributed by atoms with Crippen LogP contribution in [0.1, 0.15) is 17.0 Å². The van der Waals surface area contributed by atoms with Crippen molar-refractivity contribution in [2.45, 2.75) is 23.0 Å². The van der Waals surface area contributed by atoms with Crippen LogP contribution in [0, 0.1) is 12.8 Å². The lowest BCUT2D eigenvalue weighted by Crippen LogP contribution is -2.13. The van der Waals surface area contributed by atoms with E-state index in [0.29, 0.717) is 11.4 Å². The molecule has 1 aliphatic rings. The van der Waals surface area contributed by atoms with Crippen molar-refractivity contribution in [1.29, 1.82) is 0 Å². The lowest BCUT2D eigenvalue weighted by Gasteiger charge is -2.05. The molecule has 0 spiro atoms. The molecule has 1 fully saturated rings. The Morgan fingerprint density at radius 2 is 1.62 bits per heavy atom. The van der Waals surface area contributed by atoms with Gasteiger partial charge in [0.05, 0.1) is 10.1 Å². The maximum absolute atomic E-state index is 12.8. The highest BCUT2D eigenvalue weighted by Gasteiger charge is 2.57. The van der Waals surface area contributed by atoms with E-state index in [-0.39, 0.29) is 11.8 Å². The number of hydrogen-bond donors (Lipinski definition) is 1. The van der Waals surface area contributed by atoms with E-state index < -0.39 is 15.1 Å². The molecule has 1 saturated carbocycles. The minimum absolute atomic E-state index is 0.0127. The van der Waals surface area contributed by atoms with Crippen molar-refractivity contribution in [3.8, 4) is 0 Å². The van der Waals surface area contributed by atoms with Crippen LogP contribution < -0.4 is 5.73 Å². The Bertz CT molecular complexity index is 723. The van der Waals surface area contributed by atoms with Crippen LogP contribution in [0.4, 0.5) is 0 Å². The second-order valence-electron chi connectivity index (χ2n) is 5.66. The third kappa shape index (κ3) is 2.49. The summed E-state index contributed by atoms with van der Waals surface area (Å²) in [5.41, 5.74) is 7.91. The molecule has 0 heterocycles. The van der Waals surface area contributed by atoms with Gasteiger partial charge in [-0.1, -0.05) is 48.0 Å². The second kappa shape index (κ2) is 5.28. The fraction of sp³-hybridized carbons (Fsp3) is 0.294. The Balaban J connectivity index is 1.94. The van der Waals surface area contributed by atoms with Gasteiger partial charge in [-0.25, -0.2) is 8.42 Å². The molecule has 2 aromatic rings. The van der Waals surface area contributed by atoms with Crippen LogP contribution in [0.15, 0.2) is 59.5 Å². The molecule has 1 aliphatic carbocycles. The van der Waals surface area contributed by atoms with E-state index in [9.17, 15) is 8.42 Å². The average molecular weight is 301 g/mol. The second-order valence-corrected chi connectivity index (χ2v) is 7.76. The molecule has 3 rings (SSSR count). The first kappa shape index (κ1) is 14.3. The van der Waals surface area contributed by atoms with Gasteiger partial charge in [0.15, 0.2) is 9.84 Å². The van der Waals surface area contributed by atoms with Gasteiger partial charge >= 0.3 is 0 Å². The summed E-state index contributed by atoms with van der Waals surface area (Å²) in [6.07, 6.45) is 0. The molecule has 3 nitrogen and oxygen atoms in total. The molecular weight excluding hydrogens is 282 g/mol. The molecule has 0 radical (unpaired) electrons. The highest BCUT2D eigenvalue weighted by Crippen LogP contribution is 2.53. The first-order valence-electron chi connectivity index (χ1n) is 7.11. The quantitative estimate of drug-likeness (QED) is 0.944. The van der Waals surface area contributed by atoms with Gasteiger partial charge in [0.25, 0.3) is 0 Å². The van der Waals surface area contributed by atoms with Crippen LogP contribution in [0.2, 0.25) is 0 Å². The Morgan fingerprint density at radius 3 is 2.19 bits per heavy atom. The number of benzene rings is 2. The van der Waals surface area contributed by atoms with E-state index in [1.165, 1.54) is 0 Å². The lowest BCUT2D eigenvalue weighted by atomic mass is 10.1. The summed E-state index contributed by atoms with van der Waals surface area (Å²) >= 11 is 0. The molecule has 0 bridgehead atoms. The van der Waals surface area contributed by atoms with Crippen LogP contribution in [0.25, 0.3) is 0 Å². The van der Waals surface area contributed by atoms with Gasteiger partial charge in [-0.15, -0.1) is 0 Å². The van der Waals surface area contributed by atoms with Crippen molar-refractivity contribution in [2.75, 3.05) is 6.54 Å². The summed E-state index contributed by atoms with van der Waals surface area (Å²) in [6.45, 7) is 2.35. The minimum Gasteiger partial charge on any atom is -0.330 e. The van der Waals surface area contributed by atoms with Gasteiger partial charge in [0, 0.05) is 5.92 Å². The van der Waals surface area contributed by atoms with E-state index in [1.54, 1.807) is 12.1 Å². The van der Waals surface area contributed by atoms with Crippen molar-refractivity contribution < 1.29 is 8.42 Å². The van der Waals surface area contributed by atoms with E-state index in [0.717, 1.165) is 11.1 Å². The fourth-order valence-corrected chi connectivity index (χ4v) is 5.27. The predicted octanol–water partition coefficient (Wildman–Crippen LogP) is 2.51. The number of aryl methyl sites for hydroxylation is 1. The third-order valence-electron chi connectivity index (χ3n) is 4.26. The van der Waals surface area contributed by atoms with Crippen molar-refractivity contribution in [3.05, 3.63) is 65.7 Å². The smallest absolute Gasteiger partial charge is 0.182 e. The minimum atomic E-state index is -3.32. The SMILES string of the molecule is Cc1ccc(S(=O)(=O)[C@@H]2[C@@H](CN)[C@@H]2c2ccccc2)cc1. The van der Waals surface area contributed by atoms with Crippen molar-refractivity contribution in [1.82, 2.24) is 0 Å². The maximum Gasteiger partial charge on any atom is 0.182 e. The predicted molar refractivity (Wildman–Crippen MR) is 83.9 cm³/mol. The zero-order valence-corrected chi connectivity index (χ0v) is 12.8. The van der Waals surface area contributed by atoms with E-state index in [1.807, 2.05) is 49.4 Å². The van der Waals surface area contributed by atoms with E-state index >= 15 is 0 Å². The van der Waals surface area contributed by atoms with Crippen LogP contribution in [0.3, 0.4) is 0 Å². The number of rotatable bonds is 4. The van der Waals surface area contributed by atoms with Gasteiger partial charge in [0.1, 0.15) is 0 Å². The summed E-state index contributed by atoms with van der Waals surface area (Å²) in [7, 11) is -3.32. The molecule has 110 valence electrons. The molecule has 3 atom stereocenters. The molecule has 2 aromatic carbocycles. The molecule has 21 heavy (non-hydrogen) atoms. The molecule has 0 amide bonds. The number of nitrogens with two attached hydrogens (primary N) is 1. The van der Waals surface area contributed by atoms with Crippen molar-refractivity contribution in [3.63, 3.8) is 0 Å². The topological polar surface area (TPSA) is 60.2 Å². The van der Waals surface area contributed by atoms with E-state index in [4.69, 9.17) is 5.73 Å². The molecule has 0 aromatic heterocycles. The largest absolute Gasteiger partial charge is 0.330 e. The highest BCUT2D eigenvalue weighted by atomic mass is 32.2. The molecule has 0 saturated heterocycles. The van der Waals surface area contributed by atoms with Crippen molar-refractivity contribution >= 4 is 9.84 Å². The summed E-state index contributed by atoms with van der Waals surface area (Å²) in [4.78, 5) is 0.398. The van der Waals surface area contributed by atoms with Gasteiger partial charge in [-0.05, 0) is 37.1 Å². The normalized spacial score (nSPS) is 24.8. The van der Waals surface area contributed by atoms with Gasteiger partial charge < -0.3 is 5.73 Å². The highest BCUT2D eigenvalue weighted by molar-refractivity contribution is 7.92. The Labute approximate surface area is 125 Å². The fourth-order valence-electron chi connectivity index (χ4n) is 3.04. The average Bonchev–Trinajstić information content (AvgIpc) is 3.24. The summed E-state index contributed by atoms with van der Waals surface area (Å²) in [5.74, 6) is 0.0289. The third-order valence-corrected chi connectivity index (χ3v) is 6.55. The molecule has 2 N–H and O–H groups in total. The van der Waals surface area contributed by atoms with Crippen LogP contribution in [0.5, 0.6) is 0 Å². The maximum atomic E-state index is 12.8. The lowest BCUT2D eigenvalue weighted by molar-refractivity contribution is 0.591. The molecule has 0 unspecified atom stereocenters.